The molecule has 4 fully saturated rings. The summed E-state index contributed by atoms with van der Waals surface area (Å²) in [5.41, 5.74) is -0.649. The van der Waals surface area contributed by atoms with Gasteiger partial charge in [-0.05, 0) is 68.2 Å². The van der Waals surface area contributed by atoms with Crippen molar-refractivity contribution in [1.82, 2.24) is 0 Å². The summed E-state index contributed by atoms with van der Waals surface area (Å²) < 4.78 is 24.6. The van der Waals surface area contributed by atoms with Crippen LogP contribution in [0.3, 0.4) is 0 Å². The zero-order valence-corrected chi connectivity index (χ0v) is 24.2. The lowest BCUT2D eigenvalue weighted by molar-refractivity contribution is -0.242. The fourth-order valence-electron chi connectivity index (χ4n) is 8.76. The van der Waals surface area contributed by atoms with Crippen molar-refractivity contribution in [2.45, 2.75) is 71.0 Å². The second-order valence-corrected chi connectivity index (χ2v) is 13.4. The minimum atomic E-state index is -0.643. The number of carbonyl (C=O) groups is 3. The molecule has 7 heteroatoms. The topological polar surface area (TPSA) is 88.1 Å². The SMILES string of the molecule is C[C@H]1CC[C@H]2[C@](C)(COC(=O)c3ccccc3)[C@@H](OC(=O)c3ccccc3)CC[C@]2(C)[C@]12C[C@]1(COC(=O)C1)CO2. The second kappa shape index (κ2) is 10.3. The predicted molar refractivity (Wildman–Crippen MR) is 151 cm³/mol. The molecule has 0 bridgehead atoms. The van der Waals surface area contributed by atoms with Crippen LogP contribution in [0, 0.1) is 28.1 Å². The summed E-state index contributed by atoms with van der Waals surface area (Å²) in [5.74, 6) is -0.547. The lowest BCUT2D eigenvalue weighted by Gasteiger charge is -2.65. The largest absolute Gasteiger partial charge is 0.465 e. The number of esters is 3. The van der Waals surface area contributed by atoms with Crippen molar-refractivity contribution in [2.24, 2.45) is 28.1 Å². The Morgan fingerprint density at radius 2 is 1.56 bits per heavy atom. The third-order valence-electron chi connectivity index (χ3n) is 11.0. The molecule has 0 N–H and O–H groups in total. The molecule has 2 saturated heterocycles. The van der Waals surface area contributed by atoms with Crippen molar-refractivity contribution in [1.29, 1.82) is 0 Å². The van der Waals surface area contributed by atoms with Crippen LogP contribution in [0.25, 0.3) is 0 Å². The van der Waals surface area contributed by atoms with E-state index in [2.05, 4.69) is 20.8 Å². The summed E-state index contributed by atoms with van der Waals surface area (Å²) in [6, 6.07) is 18.0. The van der Waals surface area contributed by atoms with Gasteiger partial charge in [0.1, 0.15) is 12.7 Å². The molecule has 0 amide bonds. The standard InChI is InChI=1S/C34H40O7/c1-23-14-15-26-31(2,20-39-29(36)24-10-6-4-7-11-24)27(41-30(37)25-12-8-5-9-13-25)16-17-32(26,3)34(23)19-33(22-40-34)18-28(35)38-21-33/h4-13,23,26-27H,14-22H2,1-3H3/t23-,26-,27-,31-,32-,33+,34-/m0/s1. The molecule has 7 atom stereocenters. The first-order valence-corrected chi connectivity index (χ1v) is 14.9. The Labute approximate surface area is 241 Å². The minimum absolute atomic E-state index is 0.0604. The molecule has 6 rings (SSSR count). The number of carbonyl (C=O) groups excluding carboxylic acids is 3. The van der Waals surface area contributed by atoms with Crippen molar-refractivity contribution in [2.75, 3.05) is 19.8 Å². The average molecular weight is 561 g/mol. The number of fused-ring (bicyclic) bond motifs is 2. The van der Waals surface area contributed by atoms with Gasteiger partial charge in [-0.25, -0.2) is 9.59 Å². The molecule has 7 nitrogen and oxygen atoms in total. The number of hydrogen-bond donors (Lipinski definition) is 0. The highest BCUT2D eigenvalue weighted by Crippen LogP contribution is 2.69. The van der Waals surface area contributed by atoms with Crippen molar-refractivity contribution in [3.05, 3.63) is 71.8 Å². The number of benzene rings is 2. The van der Waals surface area contributed by atoms with Crippen molar-refractivity contribution < 1.29 is 33.3 Å². The van der Waals surface area contributed by atoms with Gasteiger partial charge in [-0.2, -0.15) is 0 Å². The minimum Gasteiger partial charge on any atom is -0.465 e. The third-order valence-corrected chi connectivity index (χ3v) is 11.0. The van der Waals surface area contributed by atoms with Gasteiger partial charge in [0.15, 0.2) is 0 Å². The van der Waals surface area contributed by atoms with Gasteiger partial charge in [-0.15, -0.1) is 0 Å². The lowest BCUT2D eigenvalue weighted by atomic mass is 9.43. The maximum Gasteiger partial charge on any atom is 0.338 e. The van der Waals surface area contributed by atoms with Gasteiger partial charge in [0.05, 0.1) is 36.4 Å². The van der Waals surface area contributed by atoms with Crippen LogP contribution < -0.4 is 0 Å². The first kappa shape index (κ1) is 28.0. The number of hydrogen-bond acceptors (Lipinski definition) is 7. The monoisotopic (exact) mass is 560 g/mol. The van der Waals surface area contributed by atoms with E-state index in [-0.39, 0.29) is 41.3 Å². The second-order valence-electron chi connectivity index (χ2n) is 13.4. The van der Waals surface area contributed by atoms with Gasteiger partial charge in [-0.3, -0.25) is 4.79 Å². The van der Waals surface area contributed by atoms with Crippen LogP contribution in [-0.2, 0) is 23.7 Å². The van der Waals surface area contributed by atoms with Crippen molar-refractivity contribution in [3.8, 4) is 0 Å². The highest BCUT2D eigenvalue weighted by Gasteiger charge is 2.70. The van der Waals surface area contributed by atoms with Gasteiger partial charge in [-0.1, -0.05) is 57.2 Å². The maximum atomic E-state index is 13.3. The van der Waals surface area contributed by atoms with Crippen LogP contribution in [0.1, 0.15) is 80.0 Å². The molecular formula is C34H40O7. The summed E-state index contributed by atoms with van der Waals surface area (Å²) in [5, 5.41) is 0. The van der Waals surface area contributed by atoms with Gasteiger partial charge < -0.3 is 18.9 Å². The summed E-state index contributed by atoms with van der Waals surface area (Å²) in [6.45, 7) is 7.75. The third kappa shape index (κ3) is 4.57. The molecule has 4 aliphatic rings. The Bertz CT molecular complexity index is 1310. The molecule has 2 spiro atoms. The molecule has 0 unspecified atom stereocenters. The van der Waals surface area contributed by atoms with E-state index < -0.39 is 17.1 Å². The summed E-state index contributed by atoms with van der Waals surface area (Å²) >= 11 is 0. The average Bonchev–Trinajstić information content (AvgIpc) is 3.55. The lowest BCUT2D eigenvalue weighted by Crippen LogP contribution is -2.66. The van der Waals surface area contributed by atoms with E-state index in [4.69, 9.17) is 18.9 Å². The summed E-state index contributed by atoms with van der Waals surface area (Å²) in [7, 11) is 0. The van der Waals surface area contributed by atoms with Crippen LogP contribution in [0.15, 0.2) is 60.7 Å². The predicted octanol–water partition coefficient (Wildman–Crippen LogP) is 6.01. The van der Waals surface area contributed by atoms with E-state index in [1.165, 1.54) is 0 Å². The summed E-state index contributed by atoms with van der Waals surface area (Å²) in [6.07, 6.45) is 4.01. The van der Waals surface area contributed by atoms with Crippen LogP contribution in [0.5, 0.6) is 0 Å². The Morgan fingerprint density at radius 1 is 0.902 bits per heavy atom. The molecule has 0 aromatic heterocycles. The first-order valence-electron chi connectivity index (χ1n) is 14.9. The number of ether oxygens (including phenoxy) is 4. The Hall–Kier alpha value is -3.19. The van der Waals surface area contributed by atoms with E-state index in [9.17, 15) is 14.4 Å². The van der Waals surface area contributed by atoms with Crippen molar-refractivity contribution in [3.63, 3.8) is 0 Å². The van der Waals surface area contributed by atoms with Crippen LogP contribution in [0.4, 0.5) is 0 Å². The van der Waals surface area contributed by atoms with Crippen molar-refractivity contribution >= 4 is 17.9 Å². The van der Waals surface area contributed by atoms with Crippen LogP contribution >= 0.6 is 0 Å². The van der Waals surface area contributed by atoms with Gasteiger partial charge in [0.2, 0.25) is 0 Å². The molecule has 2 heterocycles. The fourth-order valence-corrected chi connectivity index (χ4v) is 8.76. The summed E-state index contributed by atoms with van der Waals surface area (Å²) in [4.78, 5) is 38.6. The molecule has 2 aliphatic heterocycles. The van der Waals surface area contributed by atoms with E-state index in [1.807, 2.05) is 36.4 Å². The van der Waals surface area contributed by atoms with Gasteiger partial charge in [0.25, 0.3) is 0 Å². The Balaban J connectivity index is 1.33. The molecule has 218 valence electrons. The molecule has 2 saturated carbocycles. The highest BCUT2D eigenvalue weighted by atomic mass is 16.6. The fraction of sp³-hybridized carbons (Fsp3) is 0.559. The van der Waals surface area contributed by atoms with E-state index >= 15 is 0 Å². The Morgan fingerprint density at radius 3 is 2.20 bits per heavy atom. The van der Waals surface area contributed by atoms with Gasteiger partial charge >= 0.3 is 17.9 Å². The smallest absolute Gasteiger partial charge is 0.338 e. The molecular weight excluding hydrogens is 520 g/mol. The number of cyclic esters (lactones) is 1. The zero-order chi connectivity index (χ0) is 28.9. The Kier molecular flexibility index (Phi) is 7.00. The van der Waals surface area contributed by atoms with E-state index in [0.29, 0.717) is 43.1 Å². The molecule has 2 aliphatic carbocycles. The van der Waals surface area contributed by atoms with E-state index in [0.717, 1.165) is 25.7 Å². The molecule has 2 aromatic carbocycles. The molecule has 0 radical (unpaired) electrons. The number of rotatable bonds is 5. The highest BCUT2D eigenvalue weighted by molar-refractivity contribution is 5.90. The molecule has 2 aromatic rings. The van der Waals surface area contributed by atoms with E-state index in [1.54, 1.807) is 24.3 Å². The normalized spacial score (nSPS) is 37.9. The van der Waals surface area contributed by atoms with Crippen LogP contribution in [-0.4, -0.2) is 49.4 Å². The van der Waals surface area contributed by atoms with Gasteiger partial charge in [0, 0.05) is 16.2 Å². The first-order chi connectivity index (χ1) is 19.6. The quantitative estimate of drug-likeness (QED) is 0.327. The maximum absolute atomic E-state index is 13.3. The van der Waals surface area contributed by atoms with Crippen LogP contribution in [0.2, 0.25) is 0 Å². The zero-order valence-electron chi connectivity index (χ0n) is 24.2. The molecule has 41 heavy (non-hydrogen) atoms.